The molecular formula is C13H14ClFN4O. The lowest BCUT2D eigenvalue weighted by molar-refractivity contribution is 0.222. The molecule has 0 aliphatic carbocycles. The molecule has 106 valence electrons. The van der Waals surface area contributed by atoms with E-state index < -0.39 is 0 Å². The Balaban J connectivity index is 2.07. The molecule has 1 aromatic carbocycles. The van der Waals surface area contributed by atoms with Crippen molar-refractivity contribution in [3.05, 3.63) is 40.9 Å². The first-order valence-electron chi connectivity index (χ1n) is 6.09. The second-order valence-corrected chi connectivity index (χ2v) is 4.70. The van der Waals surface area contributed by atoms with Gasteiger partial charge in [0.15, 0.2) is 0 Å². The van der Waals surface area contributed by atoms with Crippen molar-refractivity contribution in [1.82, 2.24) is 15.0 Å². The quantitative estimate of drug-likeness (QED) is 0.919. The molecule has 0 atom stereocenters. The third-order valence-electron chi connectivity index (χ3n) is 2.27. The van der Waals surface area contributed by atoms with E-state index in [9.17, 15) is 4.39 Å². The fourth-order valence-electron chi connectivity index (χ4n) is 1.50. The second kappa shape index (κ2) is 6.47. The van der Waals surface area contributed by atoms with Gasteiger partial charge in [-0.25, -0.2) is 4.39 Å². The number of anilines is 1. The summed E-state index contributed by atoms with van der Waals surface area (Å²) in [5, 5.41) is 2.99. The summed E-state index contributed by atoms with van der Waals surface area (Å²) in [5.74, 6) is -0.00767. The first-order valence-corrected chi connectivity index (χ1v) is 6.47. The zero-order chi connectivity index (χ0) is 14.5. The van der Waals surface area contributed by atoms with Crippen LogP contribution in [0.3, 0.4) is 0 Å². The van der Waals surface area contributed by atoms with Crippen LogP contribution in [-0.2, 0) is 6.54 Å². The molecule has 0 amide bonds. The van der Waals surface area contributed by atoms with Crippen LogP contribution in [0.5, 0.6) is 6.01 Å². The summed E-state index contributed by atoms with van der Waals surface area (Å²) in [5.41, 5.74) is 0.771. The van der Waals surface area contributed by atoms with E-state index in [0.717, 1.165) is 5.56 Å². The standard InChI is InChI=1S/C13H14ClFN4O/c1-8(2)20-13-18-11(14)17-12(19-13)16-7-9-4-3-5-10(15)6-9/h3-6,8H,7H2,1-2H3,(H,16,17,18,19). The summed E-state index contributed by atoms with van der Waals surface area (Å²) in [7, 11) is 0. The van der Waals surface area contributed by atoms with Gasteiger partial charge < -0.3 is 10.1 Å². The first kappa shape index (κ1) is 14.5. The highest BCUT2D eigenvalue weighted by Crippen LogP contribution is 2.13. The van der Waals surface area contributed by atoms with E-state index in [4.69, 9.17) is 16.3 Å². The van der Waals surface area contributed by atoms with Crippen molar-refractivity contribution in [2.75, 3.05) is 5.32 Å². The number of rotatable bonds is 5. The second-order valence-electron chi connectivity index (χ2n) is 4.36. The van der Waals surface area contributed by atoms with Crippen LogP contribution in [0.2, 0.25) is 5.28 Å². The highest BCUT2D eigenvalue weighted by Gasteiger charge is 2.07. The van der Waals surface area contributed by atoms with E-state index in [2.05, 4.69) is 20.3 Å². The third-order valence-corrected chi connectivity index (χ3v) is 2.44. The third kappa shape index (κ3) is 4.31. The fourth-order valence-corrected chi connectivity index (χ4v) is 1.65. The lowest BCUT2D eigenvalue weighted by Crippen LogP contribution is -2.11. The van der Waals surface area contributed by atoms with Gasteiger partial charge in [0, 0.05) is 6.54 Å². The Labute approximate surface area is 121 Å². The van der Waals surface area contributed by atoms with E-state index in [1.165, 1.54) is 12.1 Å². The van der Waals surface area contributed by atoms with Gasteiger partial charge in [0.05, 0.1) is 6.10 Å². The van der Waals surface area contributed by atoms with Crippen LogP contribution in [0.25, 0.3) is 0 Å². The number of halogens is 2. The number of hydrogen-bond donors (Lipinski definition) is 1. The van der Waals surface area contributed by atoms with Crippen LogP contribution in [0.1, 0.15) is 19.4 Å². The van der Waals surface area contributed by atoms with Crippen LogP contribution in [-0.4, -0.2) is 21.1 Å². The molecule has 1 heterocycles. The zero-order valence-corrected chi connectivity index (χ0v) is 11.9. The molecule has 0 aliphatic rings. The zero-order valence-electron chi connectivity index (χ0n) is 11.1. The molecule has 0 aliphatic heterocycles. The van der Waals surface area contributed by atoms with Crippen molar-refractivity contribution < 1.29 is 9.13 Å². The summed E-state index contributed by atoms with van der Waals surface area (Å²) in [6.45, 7) is 4.09. The SMILES string of the molecule is CC(C)Oc1nc(Cl)nc(NCc2cccc(F)c2)n1. The van der Waals surface area contributed by atoms with E-state index in [1.807, 2.05) is 13.8 Å². The Bertz CT molecular complexity index is 594. The van der Waals surface area contributed by atoms with Crippen molar-refractivity contribution in [2.24, 2.45) is 0 Å². The van der Waals surface area contributed by atoms with Crippen molar-refractivity contribution in [3.63, 3.8) is 0 Å². The normalized spacial score (nSPS) is 10.7. The minimum atomic E-state index is -0.290. The van der Waals surface area contributed by atoms with Gasteiger partial charge >= 0.3 is 6.01 Å². The summed E-state index contributed by atoms with van der Waals surface area (Å²) < 4.78 is 18.4. The average Bonchev–Trinajstić information content (AvgIpc) is 2.35. The van der Waals surface area contributed by atoms with Crippen molar-refractivity contribution in [2.45, 2.75) is 26.5 Å². The van der Waals surface area contributed by atoms with Gasteiger partial charge in [0.2, 0.25) is 11.2 Å². The van der Waals surface area contributed by atoms with E-state index in [-0.39, 0.29) is 29.2 Å². The number of ether oxygens (including phenoxy) is 1. The van der Waals surface area contributed by atoms with Crippen LogP contribution in [0.15, 0.2) is 24.3 Å². The van der Waals surface area contributed by atoms with Crippen LogP contribution in [0, 0.1) is 5.82 Å². The van der Waals surface area contributed by atoms with Gasteiger partial charge in [0.25, 0.3) is 0 Å². The molecule has 0 unspecified atom stereocenters. The Kier molecular flexibility index (Phi) is 4.68. The first-order chi connectivity index (χ1) is 9.52. The van der Waals surface area contributed by atoms with E-state index in [0.29, 0.717) is 6.54 Å². The van der Waals surface area contributed by atoms with Crippen LogP contribution >= 0.6 is 11.6 Å². The van der Waals surface area contributed by atoms with Crippen molar-refractivity contribution in [1.29, 1.82) is 0 Å². The predicted octanol–water partition coefficient (Wildman–Crippen LogP) is 3.06. The van der Waals surface area contributed by atoms with Crippen molar-refractivity contribution in [3.8, 4) is 6.01 Å². The molecule has 1 N–H and O–H groups in total. The molecule has 0 bridgehead atoms. The topological polar surface area (TPSA) is 59.9 Å². The average molecular weight is 297 g/mol. The number of hydrogen-bond acceptors (Lipinski definition) is 5. The molecule has 2 aromatic rings. The van der Waals surface area contributed by atoms with Crippen LogP contribution < -0.4 is 10.1 Å². The van der Waals surface area contributed by atoms with Gasteiger partial charge in [-0.05, 0) is 43.1 Å². The lowest BCUT2D eigenvalue weighted by atomic mass is 10.2. The summed E-state index contributed by atoms with van der Waals surface area (Å²) in [6, 6.07) is 6.41. The fraction of sp³-hybridized carbons (Fsp3) is 0.308. The Morgan fingerprint density at radius 1 is 1.30 bits per heavy atom. The maximum atomic E-state index is 13.1. The number of nitrogens with zero attached hydrogens (tertiary/aromatic N) is 3. The molecule has 0 saturated carbocycles. The minimum absolute atomic E-state index is 0.0393. The molecule has 2 rings (SSSR count). The highest BCUT2D eigenvalue weighted by atomic mass is 35.5. The van der Waals surface area contributed by atoms with E-state index in [1.54, 1.807) is 12.1 Å². The lowest BCUT2D eigenvalue weighted by Gasteiger charge is -2.09. The molecule has 7 heteroatoms. The molecule has 1 aromatic heterocycles. The molecule has 5 nitrogen and oxygen atoms in total. The molecule has 0 radical (unpaired) electrons. The van der Waals surface area contributed by atoms with Gasteiger partial charge in [-0.3, -0.25) is 0 Å². The van der Waals surface area contributed by atoms with Crippen LogP contribution in [0.4, 0.5) is 10.3 Å². The molecule has 0 saturated heterocycles. The predicted molar refractivity (Wildman–Crippen MR) is 74.3 cm³/mol. The smallest absolute Gasteiger partial charge is 0.322 e. The maximum absolute atomic E-state index is 13.1. The monoisotopic (exact) mass is 296 g/mol. The molecule has 0 fully saturated rings. The molecular weight excluding hydrogens is 283 g/mol. The number of benzene rings is 1. The molecule has 0 spiro atoms. The van der Waals surface area contributed by atoms with Gasteiger partial charge in [-0.1, -0.05) is 12.1 Å². The number of aromatic nitrogens is 3. The summed E-state index contributed by atoms with van der Waals surface area (Å²) in [4.78, 5) is 11.9. The Hall–Kier alpha value is -1.95. The largest absolute Gasteiger partial charge is 0.461 e. The maximum Gasteiger partial charge on any atom is 0.322 e. The van der Waals surface area contributed by atoms with Gasteiger partial charge in [-0.15, -0.1) is 0 Å². The Morgan fingerprint density at radius 3 is 2.80 bits per heavy atom. The summed E-state index contributed by atoms with van der Waals surface area (Å²) in [6.07, 6.45) is -0.0652. The number of nitrogens with one attached hydrogen (secondary N) is 1. The molecule has 20 heavy (non-hydrogen) atoms. The van der Waals surface area contributed by atoms with Gasteiger partial charge in [-0.2, -0.15) is 15.0 Å². The van der Waals surface area contributed by atoms with E-state index >= 15 is 0 Å². The minimum Gasteiger partial charge on any atom is -0.461 e. The summed E-state index contributed by atoms with van der Waals surface area (Å²) >= 11 is 5.80. The van der Waals surface area contributed by atoms with Crippen molar-refractivity contribution >= 4 is 17.5 Å². The Morgan fingerprint density at radius 2 is 2.10 bits per heavy atom. The van der Waals surface area contributed by atoms with Gasteiger partial charge in [0.1, 0.15) is 5.82 Å². The highest BCUT2D eigenvalue weighted by molar-refractivity contribution is 6.28.